The van der Waals surface area contributed by atoms with Crippen LogP contribution in [0.2, 0.25) is 0 Å². The summed E-state index contributed by atoms with van der Waals surface area (Å²) in [5.41, 5.74) is 2.10. The maximum Gasteiger partial charge on any atom is 0.289 e. The van der Waals surface area contributed by atoms with Gasteiger partial charge >= 0.3 is 0 Å². The zero-order valence-corrected chi connectivity index (χ0v) is 14.6. The SMILES string of the molecule is Cc1cccc(-c2nnc(C[NH+]3CCN(C(=O)c4ccco4)CC3)o2)c1. The molecule has 0 radical (unpaired) electrons. The molecule has 0 aliphatic carbocycles. The number of rotatable bonds is 4. The first-order chi connectivity index (χ1) is 12.7. The molecule has 3 aromatic rings. The molecule has 26 heavy (non-hydrogen) atoms. The highest BCUT2D eigenvalue weighted by molar-refractivity contribution is 5.91. The molecule has 4 rings (SSSR count). The minimum atomic E-state index is -0.0476. The van der Waals surface area contributed by atoms with E-state index < -0.39 is 0 Å². The summed E-state index contributed by atoms with van der Waals surface area (Å²) in [6.07, 6.45) is 1.52. The smallest absolute Gasteiger partial charge is 0.289 e. The van der Waals surface area contributed by atoms with Crippen LogP contribution in [0.25, 0.3) is 11.5 Å². The summed E-state index contributed by atoms with van der Waals surface area (Å²) < 4.78 is 11.0. The predicted molar refractivity (Wildman–Crippen MR) is 93.5 cm³/mol. The lowest BCUT2D eigenvalue weighted by molar-refractivity contribution is -0.918. The summed E-state index contributed by atoms with van der Waals surface area (Å²) in [6, 6.07) is 11.5. The lowest BCUT2D eigenvalue weighted by Gasteiger charge is -2.30. The van der Waals surface area contributed by atoms with Crippen LogP contribution in [0, 0.1) is 6.92 Å². The summed E-state index contributed by atoms with van der Waals surface area (Å²) >= 11 is 0. The van der Waals surface area contributed by atoms with E-state index in [1.54, 1.807) is 12.1 Å². The van der Waals surface area contributed by atoms with Gasteiger partial charge in [0.05, 0.1) is 32.4 Å². The third-order valence-corrected chi connectivity index (χ3v) is 4.62. The van der Waals surface area contributed by atoms with E-state index in [-0.39, 0.29) is 5.91 Å². The van der Waals surface area contributed by atoms with Crippen LogP contribution in [-0.2, 0) is 6.54 Å². The molecule has 134 valence electrons. The second-order valence-corrected chi connectivity index (χ2v) is 6.57. The quantitative estimate of drug-likeness (QED) is 0.762. The monoisotopic (exact) mass is 353 g/mol. The van der Waals surface area contributed by atoms with Crippen LogP contribution in [0.4, 0.5) is 0 Å². The van der Waals surface area contributed by atoms with Crippen molar-refractivity contribution >= 4 is 5.91 Å². The van der Waals surface area contributed by atoms with E-state index in [1.807, 2.05) is 36.1 Å². The molecule has 1 N–H and O–H groups in total. The van der Waals surface area contributed by atoms with Crippen molar-refractivity contribution in [3.63, 3.8) is 0 Å². The minimum Gasteiger partial charge on any atom is -0.459 e. The molecular weight excluding hydrogens is 332 g/mol. The van der Waals surface area contributed by atoms with Gasteiger partial charge in [-0.15, -0.1) is 10.2 Å². The molecule has 1 aliphatic rings. The van der Waals surface area contributed by atoms with Crippen LogP contribution in [-0.4, -0.2) is 47.2 Å². The number of aryl methyl sites for hydroxylation is 1. The molecule has 1 fully saturated rings. The Balaban J connectivity index is 1.34. The first-order valence-corrected chi connectivity index (χ1v) is 8.75. The molecule has 3 heterocycles. The molecule has 1 saturated heterocycles. The van der Waals surface area contributed by atoms with E-state index in [0.717, 1.165) is 24.2 Å². The van der Waals surface area contributed by atoms with Gasteiger partial charge in [-0.2, -0.15) is 0 Å². The Bertz CT molecular complexity index is 880. The van der Waals surface area contributed by atoms with Crippen LogP contribution in [0.15, 0.2) is 51.5 Å². The summed E-state index contributed by atoms with van der Waals surface area (Å²) in [6.45, 7) is 5.76. The number of piperazine rings is 1. The van der Waals surface area contributed by atoms with Crippen molar-refractivity contribution in [2.75, 3.05) is 26.2 Å². The van der Waals surface area contributed by atoms with Gasteiger partial charge in [-0.3, -0.25) is 4.79 Å². The van der Waals surface area contributed by atoms with E-state index >= 15 is 0 Å². The number of carbonyl (C=O) groups is 1. The van der Waals surface area contributed by atoms with Crippen LogP contribution in [0.1, 0.15) is 22.0 Å². The first-order valence-electron chi connectivity index (χ1n) is 8.75. The molecule has 2 aromatic heterocycles. The number of quaternary nitrogens is 1. The van der Waals surface area contributed by atoms with Gasteiger partial charge in [0.25, 0.3) is 11.8 Å². The molecule has 7 nitrogen and oxygen atoms in total. The molecule has 1 aliphatic heterocycles. The fourth-order valence-corrected chi connectivity index (χ4v) is 3.19. The van der Waals surface area contributed by atoms with Gasteiger partial charge in [0.15, 0.2) is 12.3 Å². The highest BCUT2D eigenvalue weighted by Crippen LogP contribution is 2.18. The molecule has 0 atom stereocenters. The molecule has 0 saturated carbocycles. The molecule has 7 heteroatoms. The van der Waals surface area contributed by atoms with Crippen molar-refractivity contribution in [2.45, 2.75) is 13.5 Å². The lowest BCUT2D eigenvalue weighted by Crippen LogP contribution is -3.13. The molecule has 0 bridgehead atoms. The maximum absolute atomic E-state index is 12.3. The van der Waals surface area contributed by atoms with Gasteiger partial charge in [-0.25, -0.2) is 0 Å². The summed E-state index contributed by atoms with van der Waals surface area (Å²) in [4.78, 5) is 15.5. The van der Waals surface area contributed by atoms with Gasteiger partial charge in [0.1, 0.15) is 0 Å². The highest BCUT2D eigenvalue weighted by atomic mass is 16.4. The number of amides is 1. The number of nitrogens with one attached hydrogen (secondary N) is 1. The number of furan rings is 1. The van der Waals surface area contributed by atoms with Crippen molar-refractivity contribution in [3.8, 4) is 11.5 Å². The minimum absolute atomic E-state index is 0.0476. The number of benzene rings is 1. The molecule has 1 aromatic carbocycles. The highest BCUT2D eigenvalue weighted by Gasteiger charge is 2.27. The first kappa shape index (κ1) is 16.5. The van der Waals surface area contributed by atoms with Crippen LogP contribution >= 0.6 is 0 Å². The van der Waals surface area contributed by atoms with Crippen LogP contribution in [0.5, 0.6) is 0 Å². The van der Waals surface area contributed by atoms with Crippen molar-refractivity contribution in [1.82, 2.24) is 15.1 Å². The fraction of sp³-hybridized carbons (Fsp3) is 0.316. The number of nitrogens with zero attached hydrogens (tertiary/aromatic N) is 3. The van der Waals surface area contributed by atoms with Gasteiger partial charge in [-0.05, 0) is 31.2 Å². The van der Waals surface area contributed by atoms with Crippen LogP contribution in [0.3, 0.4) is 0 Å². The Morgan fingerprint density at radius 1 is 1.19 bits per heavy atom. The Morgan fingerprint density at radius 2 is 2.04 bits per heavy atom. The molecule has 0 spiro atoms. The van der Waals surface area contributed by atoms with E-state index in [2.05, 4.69) is 10.2 Å². The Kier molecular flexibility index (Phi) is 4.53. The van der Waals surface area contributed by atoms with Gasteiger partial charge in [-0.1, -0.05) is 17.7 Å². The van der Waals surface area contributed by atoms with Gasteiger partial charge in [0.2, 0.25) is 5.89 Å². The molecule has 0 unspecified atom stereocenters. The van der Waals surface area contributed by atoms with Crippen molar-refractivity contribution in [2.24, 2.45) is 0 Å². The zero-order chi connectivity index (χ0) is 17.9. The van der Waals surface area contributed by atoms with Crippen molar-refractivity contribution in [1.29, 1.82) is 0 Å². The Labute approximate surface area is 151 Å². The number of carbonyl (C=O) groups excluding carboxylic acids is 1. The van der Waals surface area contributed by atoms with Crippen molar-refractivity contribution in [3.05, 3.63) is 59.9 Å². The number of aromatic nitrogens is 2. The predicted octanol–water partition coefficient (Wildman–Crippen LogP) is 1.18. The van der Waals surface area contributed by atoms with E-state index in [0.29, 0.717) is 37.2 Å². The number of hydrogen-bond donors (Lipinski definition) is 1. The standard InChI is InChI=1S/C19H20N4O3/c1-14-4-2-5-15(12-14)18-21-20-17(26-18)13-22-7-9-23(10-8-22)19(24)16-6-3-11-25-16/h2-6,11-12H,7-10,13H2,1H3/p+1. The van der Waals surface area contributed by atoms with Gasteiger partial charge in [0, 0.05) is 5.56 Å². The number of hydrogen-bond acceptors (Lipinski definition) is 5. The topological polar surface area (TPSA) is 76.8 Å². The largest absolute Gasteiger partial charge is 0.459 e. The molecule has 1 amide bonds. The molecular formula is C19H21N4O3+. The zero-order valence-electron chi connectivity index (χ0n) is 14.6. The average Bonchev–Trinajstić information content (AvgIpc) is 3.34. The summed E-state index contributed by atoms with van der Waals surface area (Å²) in [5, 5.41) is 8.34. The average molecular weight is 353 g/mol. The third-order valence-electron chi connectivity index (χ3n) is 4.62. The van der Waals surface area contributed by atoms with E-state index in [1.165, 1.54) is 11.2 Å². The Morgan fingerprint density at radius 3 is 2.77 bits per heavy atom. The lowest BCUT2D eigenvalue weighted by atomic mass is 10.1. The van der Waals surface area contributed by atoms with Crippen molar-refractivity contribution < 1.29 is 18.5 Å². The normalized spacial score (nSPS) is 15.3. The fourth-order valence-electron chi connectivity index (χ4n) is 3.19. The van der Waals surface area contributed by atoms with Crippen LogP contribution < -0.4 is 4.90 Å². The van der Waals surface area contributed by atoms with E-state index in [9.17, 15) is 4.79 Å². The maximum atomic E-state index is 12.3. The summed E-state index contributed by atoms with van der Waals surface area (Å²) in [5.74, 6) is 1.53. The van der Waals surface area contributed by atoms with E-state index in [4.69, 9.17) is 8.83 Å². The Hall–Kier alpha value is -2.93. The summed E-state index contributed by atoms with van der Waals surface area (Å²) in [7, 11) is 0. The second-order valence-electron chi connectivity index (χ2n) is 6.57. The third kappa shape index (κ3) is 3.52. The van der Waals surface area contributed by atoms with Gasteiger partial charge < -0.3 is 18.6 Å². The second kappa shape index (κ2) is 7.13.